The van der Waals surface area contributed by atoms with Crippen LogP contribution in [-0.4, -0.2) is 36.4 Å². The predicted octanol–water partition coefficient (Wildman–Crippen LogP) is 3.86. The van der Waals surface area contributed by atoms with E-state index >= 15 is 0 Å². The molecular weight excluding hydrogens is 342 g/mol. The average molecular weight is 361 g/mol. The van der Waals surface area contributed by atoms with E-state index in [1.165, 1.54) is 5.69 Å². The molecule has 0 aromatic carbocycles. The summed E-state index contributed by atoms with van der Waals surface area (Å²) in [5, 5.41) is 1.69. The Hall–Kier alpha value is -2.60. The van der Waals surface area contributed by atoms with Gasteiger partial charge in [0, 0.05) is 36.1 Å². The summed E-state index contributed by atoms with van der Waals surface area (Å²) in [7, 11) is 0. The maximum absolute atomic E-state index is 5.06. The first-order valence-electron chi connectivity index (χ1n) is 8.81. The number of nitrogens with zero attached hydrogens (tertiary/aromatic N) is 5. The van der Waals surface area contributed by atoms with Crippen molar-refractivity contribution in [1.82, 2.24) is 19.4 Å². The van der Waals surface area contributed by atoms with Gasteiger partial charge in [0.2, 0.25) is 0 Å². The first kappa shape index (κ1) is 15.6. The Balaban J connectivity index is 1.62. The number of fused-ring (bicyclic) bond motifs is 1. The largest absolute Gasteiger partial charge is 0.339 e. The van der Waals surface area contributed by atoms with Crippen molar-refractivity contribution in [2.24, 2.45) is 4.99 Å². The minimum absolute atomic E-state index is 0.0107. The summed E-state index contributed by atoms with van der Waals surface area (Å²) in [5.41, 5.74) is 3.31. The van der Waals surface area contributed by atoms with Gasteiger partial charge in [-0.05, 0) is 36.4 Å². The predicted molar refractivity (Wildman–Crippen MR) is 104 cm³/mol. The molecular formula is C20H19N5S. The third kappa shape index (κ3) is 2.52. The molecule has 1 saturated heterocycles. The van der Waals surface area contributed by atoms with Crippen LogP contribution in [0.4, 0.5) is 0 Å². The fourth-order valence-corrected chi connectivity index (χ4v) is 4.90. The van der Waals surface area contributed by atoms with Crippen molar-refractivity contribution < 1.29 is 0 Å². The van der Waals surface area contributed by atoms with E-state index < -0.39 is 0 Å². The van der Waals surface area contributed by atoms with Gasteiger partial charge in [-0.15, -0.1) is 0 Å². The number of thioether (sulfide) groups is 1. The molecule has 0 N–H and O–H groups in total. The van der Waals surface area contributed by atoms with E-state index in [1.54, 1.807) is 6.20 Å². The normalized spacial score (nSPS) is 24.6. The van der Waals surface area contributed by atoms with Crippen molar-refractivity contribution in [1.29, 1.82) is 0 Å². The van der Waals surface area contributed by atoms with Crippen LogP contribution in [-0.2, 0) is 0 Å². The van der Waals surface area contributed by atoms with Crippen molar-refractivity contribution in [3.8, 4) is 5.69 Å². The zero-order chi connectivity index (χ0) is 17.5. The maximum atomic E-state index is 5.06. The summed E-state index contributed by atoms with van der Waals surface area (Å²) in [6, 6.07) is 14.6. The van der Waals surface area contributed by atoms with Crippen LogP contribution in [0.1, 0.15) is 30.4 Å². The van der Waals surface area contributed by atoms with Gasteiger partial charge in [0.1, 0.15) is 6.04 Å². The number of aliphatic imine (C=N–C) groups is 1. The van der Waals surface area contributed by atoms with Gasteiger partial charge in [-0.2, -0.15) is 0 Å². The molecule has 5 rings (SSSR count). The molecule has 0 amide bonds. The molecule has 0 saturated carbocycles. The summed E-state index contributed by atoms with van der Waals surface area (Å²) in [5.74, 6) is 0. The van der Waals surface area contributed by atoms with E-state index in [4.69, 9.17) is 4.99 Å². The van der Waals surface area contributed by atoms with E-state index in [2.05, 4.69) is 56.8 Å². The lowest BCUT2D eigenvalue weighted by Crippen LogP contribution is -2.30. The SMILES string of the molecule is C[C@@H]1CN2C(=N[C@@H](c3ccccn3)[C@@H]2c2cccn2-c2cccnc2)S1. The van der Waals surface area contributed by atoms with E-state index in [9.17, 15) is 0 Å². The standard InChI is InChI=1S/C20H19N5S/c1-14-13-25-19(17-8-5-11-24(17)15-6-4-9-21-12-15)18(23-20(25)26-14)16-7-2-3-10-22-16/h2-12,14,18-19H,13H2,1H3/t14-,18+,19+/m1/s1. The molecule has 2 aliphatic heterocycles. The monoisotopic (exact) mass is 361 g/mol. The van der Waals surface area contributed by atoms with Crippen LogP contribution in [0.15, 0.2) is 72.2 Å². The van der Waals surface area contributed by atoms with Crippen LogP contribution in [0.3, 0.4) is 0 Å². The van der Waals surface area contributed by atoms with Gasteiger partial charge in [-0.25, -0.2) is 0 Å². The highest BCUT2D eigenvalue weighted by Crippen LogP contribution is 2.47. The zero-order valence-electron chi connectivity index (χ0n) is 14.4. The van der Waals surface area contributed by atoms with Gasteiger partial charge >= 0.3 is 0 Å². The van der Waals surface area contributed by atoms with Gasteiger partial charge in [-0.1, -0.05) is 24.8 Å². The zero-order valence-corrected chi connectivity index (χ0v) is 15.3. The lowest BCUT2D eigenvalue weighted by molar-refractivity contribution is 0.312. The minimum Gasteiger partial charge on any atom is -0.339 e. The molecule has 6 heteroatoms. The molecule has 5 nitrogen and oxygen atoms in total. The maximum Gasteiger partial charge on any atom is 0.160 e. The first-order valence-corrected chi connectivity index (χ1v) is 9.69. The summed E-state index contributed by atoms with van der Waals surface area (Å²) >= 11 is 1.86. The number of hydrogen-bond donors (Lipinski definition) is 0. The highest BCUT2D eigenvalue weighted by molar-refractivity contribution is 8.14. The molecule has 3 atom stereocenters. The Morgan fingerprint density at radius 1 is 1.08 bits per heavy atom. The Morgan fingerprint density at radius 2 is 2.04 bits per heavy atom. The highest BCUT2D eigenvalue weighted by Gasteiger charge is 2.44. The highest BCUT2D eigenvalue weighted by atomic mass is 32.2. The van der Waals surface area contributed by atoms with Crippen LogP contribution < -0.4 is 0 Å². The lowest BCUT2D eigenvalue weighted by atomic mass is 10.0. The first-order chi connectivity index (χ1) is 12.8. The van der Waals surface area contributed by atoms with E-state index in [0.717, 1.165) is 23.1 Å². The van der Waals surface area contributed by atoms with Gasteiger partial charge in [0.15, 0.2) is 5.17 Å². The Labute approximate surface area is 156 Å². The number of rotatable bonds is 3. The minimum atomic E-state index is 0.0107. The van der Waals surface area contributed by atoms with Crippen molar-refractivity contribution in [3.63, 3.8) is 0 Å². The fourth-order valence-electron chi connectivity index (χ4n) is 3.80. The van der Waals surface area contributed by atoms with Gasteiger partial charge < -0.3 is 9.47 Å². The molecule has 0 spiro atoms. The summed E-state index contributed by atoms with van der Waals surface area (Å²) in [4.78, 5) is 16.4. The molecule has 0 aliphatic carbocycles. The van der Waals surface area contributed by atoms with Crippen molar-refractivity contribution in [3.05, 3.63) is 78.6 Å². The van der Waals surface area contributed by atoms with Gasteiger partial charge in [0.25, 0.3) is 0 Å². The molecule has 2 aliphatic rings. The van der Waals surface area contributed by atoms with Gasteiger partial charge in [0.05, 0.1) is 23.6 Å². The smallest absolute Gasteiger partial charge is 0.160 e. The van der Waals surface area contributed by atoms with Crippen LogP contribution in [0, 0.1) is 0 Å². The molecule has 1 fully saturated rings. The Bertz CT molecular complexity index is 937. The van der Waals surface area contributed by atoms with Crippen molar-refractivity contribution >= 4 is 16.9 Å². The third-order valence-corrected chi connectivity index (χ3v) is 5.99. The van der Waals surface area contributed by atoms with Crippen LogP contribution >= 0.6 is 11.8 Å². The third-order valence-electron chi connectivity index (χ3n) is 4.89. The Morgan fingerprint density at radius 3 is 2.85 bits per heavy atom. The summed E-state index contributed by atoms with van der Waals surface area (Å²) in [6.45, 7) is 3.27. The lowest BCUT2D eigenvalue weighted by Gasteiger charge is -2.28. The molecule has 3 aromatic rings. The summed E-state index contributed by atoms with van der Waals surface area (Å²) in [6.07, 6.45) is 7.66. The fraction of sp³-hybridized carbons (Fsp3) is 0.250. The van der Waals surface area contributed by atoms with Crippen LogP contribution in [0.2, 0.25) is 0 Å². The van der Waals surface area contributed by atoms with Crippen LogP contribution in [0.5, 0.6) is 0 Å². The van der Waals surface area contributed by atoms with Crippen molar-refractivity contribution in [2.45, 2.75) is 24.3 Å². The second-order valence-corrected chi connectivity index (χ2v) is 8.06. The van der Waals surface area contributed by atoms with Crippen molar-refractivity contribution in [2.75, 3.05) is 6.54 Å². The molecule has 5 heterocycles. The molecule has 0 unspecified atom stereocenters. The van der Waals surface area contributed by atoms with E-state index in [-0.39, 0.29) is 12.1 Å². The topological polar surface area (TPSA) is 46.3 Å². The summed E-state index contributed by atoms with van der Waals surface area (Å²) < 4.78 is 2.22. The molecule has 0 bridgehead atoms. The molecule has 130 valence electrons. The van der Waals surface area contributed by atoms with Gasteiger partial charge in [-0.3, -0.25) is 15.0 Å². The number of aromatic nitrogens is 3. The molecule has 3 aromatic heterocycles. The number of pyridine rings is 2. The second kappa shape index (κ2) is 6.29. The molecule has 26 heavy (non-hydrogen) atoms. The quantitative estimate of drug-likeness (QED) is 0.711. The average Bonchev–Trinajstić information content (AvgIpc) is 3.37. The number of amidine groups is 1. The number of hydrogen-bond acceptors (Lipinski definition) is 5. The second-order valence-electron chi connectivity index (χ2n) is 6.65. The van der Waals surface area contributed by atoms with E-state index in [1.807, 2.05) is 42.4 Å². The van der Waals surface area contributed by atoms with E-state index in [0.29, 0.717) is 5.25 Å². The van der Waals surface area contributed by atoms with Crippen LogP contribution in [0.25, 0.3) is 5.69 Å². The Kier molecular flexibility index (Phi) is 3.78. The molecule has 0 radical (unpaired) electrons.